The number of rotatable bonds is 5. The second-order valence-corrected chi connectivity index (χ2v) is 8.73. The minimum absolute atomic E-state index is 0.0123. The molecule has 0 aliphatic carbocycles. The number of hydrogen-bond acceptors (Lipinski definition) is 8. The van der Waals surface area contributed by atoms with E-state index in [1.54, 1.807) is 0 Å². The Bertz CT molecular complexity index is 1430. The summed E-state index contributed by atoms with van der Waals surface area (Å²) in [7, 11) is -9.55. The van der Waals surface area contributed by atoms with Crippen LogP contribution in [-0.4, -0.2) is 42.1 Å². The van der Waals surface area contributed by atoms with E-state index < -0.39 is 47.3 Å². The van der Waals surface area contributed by atoms with Gasteiger partial charge >= 0.3 is 5.97 Å². The number of hydrogen-bond donors (Lipinski definition) is 4. The van der Waals surface area contributed by atoms with Crippen LogP contribution in [0.25, 0.3) is 10.8 Å². The Morgan fingerprint density at radius 1 is 0.767 bits per heavy atom. The van der Waals surface area contributed by atoms with Gasteiger partial charge in [0.15, 0.2) is 0 Å². The molecular formula is C17H12N2O9S2. The fourth-order valence-electron chi connectivity index (χ4n) is 2.68. The van der Waals surface area contributed by atoms with Crippen LogP contribution >= 0.6 is 0 Å². The molecule has 0 radical (unpaired) electrons. The number of phenols is 1. The topological polar surface area (TPSA) is 191 Å². The molecule has 0 fully saturated rings. The smallest absolute Gasteiger partial charge is 0.339 e. The third-order valence-electron chi connectivity index (χ3n) is 3.95. The molecule has 4 N–H and O–H groups in total. The third kappa shape index (κ3) is 4.28. The maximum Gasteiger partial charge on any atom is 0.339 e. The first-order chi connectivity index (χ1) is 13.9. The Morgan fingerprint density at radius 3 is 2.00 bits per heavy atom. The number of benzene rings is 3. The Labute approximate surface area is 169 Å². The second kappa shape index (κ2) is 7.46. The molecule has 11 nitrogen and oxygen atoms in total. The molecule has 0 aromatic heterocycles. The van der Waals surface area contributed by atoms with Gasteiger partial charge in [-0.3, -0.25) is 9.11 Å². The summed E-state index contributed by atoms with van der Waals surface area (Å²) in [6.45, 7) is 0. The minimum atomic E-state index is -4.81. The molecule has 30 heavy (non-hydrogen) atoms. The van der Waals surface area contributed by atoms with E-state index in [4.69, 9.17) is 5.11 Å². The number of carboxylic acids is 1. The van der Waals surface area contributed by atoms with E-state index in [0.29, 0.717) is 0 Å². The highest BCUT2D eigenvalue weighted by atomic mass is 32.2. The molecule has 13 heteroatoms. The van der Waals surface area contributed by atoms with E-state index in [9.17, 15) is 35.8 Å². The van der Waals surface area contributed by atoms with Gasteiger partial charge in [-0.1, -0.05) is 12.1 Å². The highest BCUT2D eigenvalue weighted by Crippen LogP contribution is 2.34. The number of azo groups is 1. The molecule has 0 unspecified atom stereocenters. The first-order valence-corrected chi connectivity index (χ1v) is 10.8. The highest BCUT2D eigenvalue weighted by Gasteiger charge is 2.21. The lowest BCUT2D eigenvalue weighted by Gasteiger charge is -2.08. The summed E-state index contributed by atoms with van der Waals surface area (Å²) in [6.07, 6.45) is 0. The average molecular weight is 452 g/mol. The normalized spacial score (nSPS) is 12.5. The number of aromatic hydroxyl groups is 1. The minimum Gasteiger partial charge on any atom is -0.507 e. The summed E-state index contributed by atoms with van der Waals surface area (Å²) in [6, 6.07) is 8.81. The summed E-state index contributed by atoms with van der Waals surface area (Å²) >= 11 is 0. The third-order valence-corrected chi connectivity index (χ3v) is 5.76. The van der Waals surface area contributed by atoms with Gasteiger partial charge in [0.2, 0.25) is 0 Å². The lowest BCUT2D eigenvalue weighted by Crippen LogP contribution is -2.03. The van der Waals surface area contributed by atoms with E-state index in [-0.39, 0.29) is 22.1 Å². The van der Waals surface area contributed by atoms with Crippen LogP contribution < -0.4 is 0 Å². The van der Waals surface area contributed by atoms with Gasteiger partial charge in [-0.05, 0) is 36.4 Å². The van der Waals surface area contributed by atoms with Crippen molar-refractivity contribution >= 4 is 48.4 Å². The van der Waals surface area contributed by atoms with E-state index in [1.165, 1.54) is 18.2 Å². The SMILES string of the molecule is O=C(O)c1cc(N=Nc2cc(S(=O)(=O)O)c3cccc(S(=O)(=O)O)c3c2)ccc1O. The van der Waals surface area contributed by atoms with Crippen LogP contribution in [0.2, 0.25) is 0 Å². The van der Waals surface area contributed by atoms with Crippen molar-refractivity contribution in [3.8, 4) is 5.75 Å². The van der Waals surface area contributed by atoms with Crippen molar-refractivity contribution in [2.45, 2.75) is 9.79 Å². The van der Waals surface area contributed by atoms with Gasteiger partial charge in [0.05, 0.1) is 11.4 Å². The van der Waals surface area contributed by atoms with Gasteiger partial charge in [-0.15, -0.1) is 0 Å². The Kier molecular flexibility index (Phi) is 5.30. The summed E-state index contributed by atoms with van der Waals surface area (Å²) in [5.41, 5.74) is -0.671. The molecule has 0 spiro atoms. The molecule has 156 valence electrons. The van der Waals surface area contributed by atoms with E-state index in [2.05, 4.69) is 10.2 Å². The zero-order valence-corrected chi connectivity index (χ0v) is 16.3. The molecule has 3 rings (SSSR count). The zero-order chi connectivity index (χ0) is 22.3. The predicted molar refractivity (Wildman–Crippen MR) is 103 cm³/mol. The van der Waals surface area contributed by atoms with Gasteiger partial charge in [0.1, 0.15) is 21.1 Å². The number of nitrogens with zero attached hydrogens (tertiary/aromatic N) is 2. The van der Waals surface area contributed by atoms with Crippen LogP contribution in [0.1, 0.15) is 10.4 Å². The Balaban J connectivity index is 2.23. The lowest BCUT2D eigenvalue weighted by atomic mass is 10.1. The van der Waals surface area contributed by atoms with Crippen molar-refractivity contribution < 1.29 is 40.9 Å². The molecular weight excluding hydrogens is 440 g/mol. The fraction of sp³-hybridized carbons (Fsp3) is 0. The quantitative estimate of drug-likeness (QED) is 0.332. The molecule has 0 saturated heterocycles. The number of aromatic carboxylic acids is 1. The summed E-state index contributed by atoms with van der Waals surface area (Å²) in [5, 5.41) is 25.6. The molecule has 0 saturated carbocycles. The van der Waals surface area contributed by atoms with E-state index >= 15 is 0 Å². The molecule has 0 heterocycles. The molecule has 0 aliphatic rings. The molecule has 3 aromatic carbocycles. The van der Waals surface area contributed by atoms with Gasteiger partial charge in [0, 0.05) is 10.8 Å². The van der Waals surface area contributed by atoms with Crippen LogP contribution in [-0.2, 0) is 20.2 Å². The van der Waals surface area contributed by atoms with Crippen molar-refractivity contribution in [2.24, 2.45) is 10.2 Å². The Hall–Kier alpha value is -3.39. The summed E-state index contributed by atoms with van der Waals surface area (Å²) in [4.78, 5) is 9.79. The number of fused-ring (bicyclic) bond motifs is 1. The fourth-order valence-corrected chi connectivity index (χ4v) is 4.10. The van der Waals surface area contributed by atoms with Gasteiger partial charge in [0.25, 0.3) is 20.2 Å². The van der Waals surface area contributed by atoms with Crippen LogP contribution in [0.4, 0.5) is 11.4 Å². The van der Waals surface area contributed by atoms with Crippen molar-refractivity contribution in [2.75, 3.05) is 0 Å². The summed E-state index contributed by atoms with van der Waals surface area (Å²) in [5.74, 6) is -1.92. The van der Waals surface area contributed by atoms with Gasteiger partial charge in [-0.25, -0.2) is 4.79 Å². The number of carbonyl (C=O) groups is 1. The molecule has 0 atom stereocenters. The van der Waals surface area contributed by atoms with Crippen molar-refractivity contribution in [1.82, 2.24) is 0 Å². The zero-order valence-electron chi connectivity index (χ0n) is 14.7. The highest BCUT2D eigenvalue weighted by molar-refractivity contribution is 7.86. The molecule has 0 aliphatic heterocycles. The molecule has 0 bridgehead atoms. The van der Waals surface area contributed by atoms with Gasteiger partial charge < -0.3 is 10.2 Å². The Morgan fingerprint density at radius 2 is 1.40 bits per heavy atom. The predicted octanol–water partition coefficient (Wildman–Crippen LogP) is 3.15. The maximum absolute atomic E-state index is 11.8. The van der Waals surface area contributed by atoms with Crippen LogP contribution in [0, 0.1) is 0 Å². The second-order valence-electron chi connectivity index (χ2n) is 5.95. The van der Waals surface area contributed by atoms with Crippen LogP contribution in [0.15, 0.2) is 68.6 Å². The maximum atomic E-state index is 11.8. The van der Waals surface area contributed by atoms with Crippen molar-refractivity contribution in [1.29, 1.82) is 0 Å². The molecule has 0 amide bonds. The first kappa shape index (κ1) is 21.3. The standard InChI is InChI=1S/C17H12N2O9S2/c20-14-5-4-9(6-13(14)17(21)22)18-19-10-7-12-11(16(8-10)30(26,27)28)2-1-3-15(12)29(23,24)25/h1-8,20H,(H,21,22)(H,23,24,25)(H,26,27,28). The number of carboxylic acid groups (broad SMARTS) is 1. The van der Waals surface area contributed by atoms with Crippen LogP contribution in [0.3, 0.4) is 0 Å². The summed E-state index contributed by atoms with van der Waals surface area (Å²) < 4.78 is 65.8. The van der Waals surface area contributed by atoms with E-state index in [0.717, 1.165) is 30.3 Å². The van der Waals surface area contributed by atoms with Crippen molar-refractivity contribution in [3.05, 3.63) is 54.1 Å². The van der Waals surface area contributed by atoms with Crippen molar-refractivity contribution in [3.63, 3.8) is 0 Å². The average Bonchev–Trinajstić information content (AvgIpc) is 2.64. The van der Waals surface area contributed by atoms with E-state index in [1.807, 2.05) is 0 Å². The molecule has 3 aromatic rings. The lowest BCUT2D eigenvalue weighted by molar-refractivity contribution is 0.0693. The first-order valence-electron chi connectivity index (χ1n) is 7.88. The largest absolute Gasteiger partial charge is 0.507 e. The van der Waals surface area contributed by atoms with Gasteiger partial charge in [-0.2, -0.15) is 27.1 Å². The monoisotopic (exact) mass is 452 g/mol. The van der Waals surface area contributed by atoms with Crippen LogP contribution in [0.5, 0.6) is 5.75 Å².